The van der Waals surface area contributed by atoms with E-state index >= 15 is 0 Å². The van der Waals surface area contributed by atoms with E-state index in [4.69, 9.17) is 4.42 Å². The molecule has 0 saturated carbocycles. The normalized spacial score (nSPS) is 10.9. The Bertz CT molecular complexity index is 1210. The maximum Gasteiger partial charge on any atom is 0.349 e. The van der Waals surface area contributed by atoms with Crippen LogP contribution in [0, 0.1) is 0 Å². The van der Waals surface area contributed by atoms with Crippen molar-refractivity contribution < 1.29 is 14.0 Å². The van der Waals surface area contributed by atoms with Gasteiger partial charge >= 0.3 is 5.63 Å². The fourth-order valence-corrected chi connectivity index (χ4v) is 2.60. The van der Waals surface area contributed by atoms with E-state index in [0.717, 1.165) is 4.68 Å². The zero-order valence-corrected chi connectivity index (χ0v) is 13.4. The fraction of sp³-hybridized carbons (Fsp3) is 0.0556. The van der Waals surface area contributed by atoms with Gasteiger partial charge in [0.05, 0.1) is 12.1 Å². The third-order valence-corrected chi connectivity index (χ3v) is 3.87. The number of para-hydroxylation sites is 2. The predicted molar refractivity (Wildman–Crippen MR) is 93.0 cm³/mol. The lowest BCUT2D eigenvalue weighted by atomic mass is 10.2. The van der Waals surface area contributed by atoms with E-state index in [1.165, 1.54) is 6.07 Å². The molecule has 0 atom stereocenters. The summed E-state index contributed by atoms with van der Waals surface area (Å²) in [6.45, 7) is -0.335. The van der Waals surface area contributed by atoms with Gasteiger partial charge in [-0.1, -0.05) is 35.5 Å². The van der Waals surface area contributed by atoms with Crippen molar-refractivity contribution in [2.24, 2.45) is 0 Å². The summed E-state index contributed by atoms with van der Waals surface area (Å²) < 4.78 is 6.23. The Labute approximate surface area is 146 Å². The molecule has 8 heteroatoms. The smallest absolute Gasteiger partial charge is 0.349 e. The van der Waals surface area contributed by atoms with E-state index < -0.39 is 17.4 Å². The van der Waals surface area contributed by atoms with Crippen LogP contribution in [0.1, 0.15) is 15.2 Å². The minimum atomic E-state index is -0.764. The van der Waals surface area contributed by atoms with E-state index in [1.54, 1.807) is 48.5 Å². The molecule has 128 valence electrons. The van der Waals surface area contributed by atoms with Crippen LogP contribution in [0.25, 0.3) is 22.0 Å². The topological polar surface area (TPSA) is 107 Å². The van der Waals surface area contributed by atoms with Crippen molar-refractivity contribution in [2.75, 3.05) is 6.54 Å². The highest BCUT2D eigenvalue weighted by atomic mass is 16.4. The van der Waals surface area contributed by atoms with Crippen LogP contribution in [0.2, 0.25) is 0 Å². The molecule has 0 saturated heterocycles. The van der Waals surface area contributed by atoms with Gasteiger partial charge in [0.2, 0.25) is 0 Å². The molecule has 0 aliphatic rings. The van der Waals surface area contributed by atoms with Gasteiger partial charge in [-0.05, 0) is 24.3 Å². The van der Waals surface area contributed by atoms with E-state index in [9.17, 15) is 14.4 Å². The summed E-state index contributed by atoms with van der Waals surface area (Å²) in [4.78, 5) is 36.6. The van der Waals surface area contributed by atoms with Crippen LogP contribution in [0.15, 0.2) is 63.8 Å². The standard InChI is InChI=1S/C18H12N4O4/c23-16(22-14-7-3-2-6-13(14)20-21-22)10-19-17(24)12-9-11-5-1-4-8-15(11)26-18(12)25/h1-9H,10H2,(H,19,24). The zero-order valence-electron chi connectivity index (χ0n) is 13.4. The summed E-state index contributed by atoms with van der Waals surface area (Å²) in [7, 11) is 0. The van der Waals surface area contributed by atoms with Gasteiger partial charge in [-0.15, -0.1) is 5.10 Å². The van der Waals surface area contributed by atoms with Gasteiger partial charge < -0.3 is 9.73 Å². The van der Waals surface area contributed by atoms with Crippen LogP contribution in [0.4, 0.5) is 0 Å². The van der Waals surface area contributed by atoms with Crippen LogP contribution >= 0.6 is 0 Å². The second kappa shape index (κ2) is 6.25. The van der Waals surface area contributed by atoms with Crippen molar-refractivity contribution in [1.82, 2.24) is 20.3 Å². The molecule has 0 bridgehead atoms. The van der Waals surface area contributed by atoms with Crippen LogP contribution in [-0.4, -0.2) is 33.4 Å². The Morgan fingerprint density at radius 3 is 2.73 bits per heavy atom. The molecule has 4 rings (SSSR count). The van der Waals surface area contributed by atoms with Crippen molar-refractivity contribution in [3.8, 4) is 0 Å². The van der Waals surface area contributed by atoms with Crippen molar-refractivity contribution >= 4 is 33.8 Å². The van der Waals surface area contributed by atoms with Crippen LogP contribution in [0.5, 0.6) is 0 Å². The molecule has 2 aromatic heterocycles. The molecular formula is C18H12N4O4. The van der Waals surface area contributed by atoms with Gasteiger partial charge in [-0.2, -0.15) is 4.68 Å². The number of carbonyl (C=O) groups excluding carboxylic acids is 2. The van der Waals surface area contributed by atoms with E-state index in [-0.39, 0.29) is 12.1 Å². The SMILES string of the molecule is O=C(NCC(=O)n1nnc2ccccc21)c1cc2ccccc2oc1=O. The minimum Gasteiger partial charge on any atom is -0.422 e. The summed E-state index contributed by atoms with van der Waals surface area (Å²) >= 11 is 0. The number of nitrogens with zero attached hydrogens (tertiary/aromatic N) is 3. The van der Waals surface area contributed by atoms with Crippen molar-refractivity contribution in [2.45, 2.75) is 0 Å². The number of hydrogen-bond donors (Lipinski definition) is 1. The fourth-order valence-electron chi connectivity index (χ4n) is 2.60. The van der Waals surface area contributed by atoms with Crippen LogP contribution in [-0.2, 0) is 0 Å². The van der Waals surface area contributed by atoms with Gasteiger partial charge in [-0.25, -0.2) is 4.79 Å². The first kappa shape index (κ1) is 15.7. The van der Waals surface area contributed by atoms with E-state index in [1.807, 2.05) is 0 Å². The Hall–Kier alpha value is -3.81. The molecule has 1 N–H and O–H groups in total. The first-order chi connectivity index (χ1) is 12.6. The Morgan fingerprint density at radius 2 is 1.85 bits per heavy atom. The molecule has 0 aliphatic heterocycles. The maximum absolute atomic E-state index is 12.3. The molecule has 0 fully saturated rings. The highest BCUT2D eigenvalue weighted by Crippen LogP contribution is 2.12. The molecule has 2 heterocycles. The number of hydrogen-bond acceptors (Lipinski definition) is 6. The van der Waals surface area contributed by atoms with E-state index in [0.29, 0.717) is 22.0 Å². The second-order valence-corrected chi connectivity index (χ2v) is 5.55. The summed E-state index contributed by atoms with van der Waals surface area (Å²) in [5, 5.41) is 10.7. The molecular weight excluding hydrogens is 336 g/mol. The van der Waals surface area contributed by atoms with Crippen LogP contribution < -0.4 is 10.9 Å². The third-order valence-electron chi connectivity index (χ3n) is 3.87. The monoisotopic (exact) mass is 348 g/mol. The molecule has 0 spiro atoms. The molecule has 0 unspecified atom stereocenters. The quantitative estimate of drug-likeness (QED) is 0.564. The van der Waals surface area contributed by atoms with Gasteiger partial charge in [0, 0.05) is 5.39 Å². The summed E-state index contributed by atoms with van der Waals surface area (Å²) in [5.41, 5.74) is 0.568. The largest absolute Gasteiger partial charge is 0.422 e. The number of fused-ring (bicyclic) bond motifs is 2. The first-order valence-electron chi connectivity index (χ1n) is 7.78. The third kappa shape index (κ3) is 2.73. The van der Waals surface area contributed by atoms with E-state index in [2.05, 4.69) is 15.6 Å². The molecule has 2 aromatic carbocycles. The summed E-state index contributed by atoms with van der Waals surface area (Å²) in [6.07, 6.45) is 0. The average molecular weight is 348 g/mol. The lowest BCUT2D eigenvalue weighted by Crippen LogP contribution is -2.35. The second-order valence-electron chi connectivity index (χ2n) is 5.55. The van der Waals surface area contributed by atoms with Crippen molar-refractivity contribution in [3.63, 3.8) is 0 Å². The average Bonchev–Trinajstić information content (AvgIpc) is 3.09. The number of benzene rings is 2. The summed E-state index contributed by atoms with van der Waals surface area (Å²) in [6, 6.07) is 15.3. The molecule has 26 heavy (non-hydrogen) atoms. The number of amides is 1. The molecule has 4 aromatic rings. The maximum atomic E-state index is 12.3. The Kier molecular flexibility index (Phi) is 3.77. The molecule has 0 aliphatic carbocycles. The number of rotatable bonds is 3. The first-order valence-corrected chi connectivity index (χ1v) is 7.78. The summed E-state index contributed by atoms with van der Waals surface area (Å²) in [5.74, 6) is -1.17. The van der Waals surface area contributed by atoms with Crippen LogP contribution in [0.3, 0.4) is 0 Å². The Balaban J connectivity index is 1.54. The zero-order chi connectivity index (χ0) is 18.1. The van der Waals surface area contributed by atoms with Crippen molar-refractivity contribution in [1.29, 1.82) is 0 Å². The lowest BCUT2D eigenvalue weighted by Gasteiger charge is -2.05. The molecule has 0 radical (unpaired) electrons. The molecule has 8 nitrogen and oxygen atoms in total. The van der Waals surface area contributed by atoms with Gasteiger partial charge in [-0.3, -0.25) is 9.59 Å². The predicted octanol–water partition coefficient (Wildman–Crippen LogP) is 1.61. The Morgan fingerprint density at radius 1 is 1.08 bits per heavy atom. The minimum absolute atomic E-state index is 0.167. The lowest BCUT2D eigenvalue weighted by molar-refractivity contribution is 0.0851. The van der Waals surface area contributed by atoms with Gasteiger partial charge in [0.1, 0.15) is 16.7 Å². The van der Waals surface area contributed by atoms with Crippen molar-refractivity contribution in [3.05, 3.63) is 70.6 Å². The number of carbonyl (C=O) groups is 2. The molecule has 1 amide bonds. The number of aromatic nitrogens is 3. The number of nitrogens with one attached hydrogen (secondary N) is 1. The van der Waals surface area contributed by atoms with Gasteiger partial charge in [0.15, 0.2) is 0 Å². The van der Waals surface area contributed by atoms with Gasteiger partial charge in [0.25, 0.3) is 11.8 Å². The highest BCUT2D eigenvalue weighted by Gasteiger charge is 2.17. The highest BCUT2D eigenvalue weighted by molar-refractivity contribution is 5.99.